The van der Waals surface area contributed by atoms with Crippen molar-refractivity contribution in [3.63, 3.8) is 0 Å². The van der Waals surface area contributed by atoms with Crippen molar-refractivity contribution in [2.75, 3.05) is 13.2 Å². The third-order valence-corrected chi connectivity index (χ3v) is 5.20. The van der Waals surface area contributed by atoms with Crippen LogP contribution in [0.5, 0.6) is 17.2 Å². The maximum absolute atomic E-state index is 12.2. The van der Waals surface area contributed by atoms with Gasteiger partial charge in [-0.05, 0) is 67.1 Å². The minimum atomic E-state index is -0.446. The van der Waals surface area contributed by atoms with E-state index in [1.165, 1.54) is 17.6 Å². The lowest BCUT2D eigenvalue weighted by Crippen LogP contribution is -2.25. The van der Waals surface area contributed by atoms with Crippen LogP contribution in [0.15, 0.2) is 59.0 Å². The zero-order valence-electron chi connectivity index (χ0n) is 18.1. The maximum Gasteiger partial charge on any atom is 0.353 e. The molecule has 0 aliphatic heterocycles. The monoisotopic (exact) mass is 452 g/mol. The number of hydrazone groups is 1. The molecule has 7 nitrogen and oxygen atoms in total. The van der Waals surface area contributed by atoms with Gasteiger partial charge < -0.3 is 14.2 Å². The number of aryl methyl sites for hydroxylation is 2. The van der Waals surface area contributed by atoms with E-state index >= 15 is 0 Å². The fourth-order valence-electron chi connectivity index (χ4n) is 2.88. The minimum absolute atomic E-state index is 0.148. The summed E-state index contributed by atoms with van der Waals surface area (Å²) in [6.45, 7) is 5.94. The molecule has 166 valence electrons. The number of nitrogens with zero attached hydrogens (tertiary/aromatic N) is 1. The molecular formula is C24H24N2O5S. The first-order valence-corrected chi connectivity index (χ1v) is 10.9. The van der Waals surface area contributed by atoms with Crippen LogP contribution in [0.2, 0.25) is 0 Å². The van der Waals surface area contributed by atoms with Crippen LogP contribution in [0.3, 0.4) is 0 Å². The van der Waals surface area contributed by atoms with E-state index in [0.29, 0.717) is 34.3 Å². The van der Waals surface area contributed by atoms with E-state index in [1.807, 2.05) is 39.0 Å². The highest BCUT2D eigenvalue weighted by Crippen LogP contribution is 2.29. The van der Waals surface area contributed by atoms with Gasteiger partial charge in [0.05, 0.1) is 12.8 Å². The van der Waals surface area contributed by atoms with Gasteiger partial charge in [0.25, 0.3) is 5.91 Å². The molecule has 1 heterocycles. The van der Waals surface area contributed by atoms with Crippen LogP contribution in [0.4, 0.5) is 0 Å². The van der Waals surface area contributed by atoms with Crippen LogP contribution in [-0.4, -0.2) is 31.3 Å². The zero-order valence-corrected chi connectivity index (χ0v) is 18.9. The minimum Gasteiger partial charge on any atom is -0.490 e. The average Bonchev–Trinajstić information content (AvgIpc) is 3.30. The Hall–Kier alpha value is -3.65. The second kappa shape index (κ2) is 11.1. The van der Waals surface area contributed by atoms with Crippen molar-refractivity contribution in [2.24, 2.45) is 5.10 Å². The van der Waals surface area contributed by atoms with Gasteiger partial charge >= 0.3 is 5.97 Å². The summed E-state index contributed by atoms with van der Waals surface area (Å²) in [6.07, 6.45) is 1.48. The van der Waals surface area contributed by atoms with Crippen LogP contribution in [-0.2, 0) is 4.79 Å². The number of amides is 1. The molecular weight excluding hydrogens is 428 g/mol. The van der Waals surface area contributed by atoms with Gasteiger partial charge in [-0.15, -0.1) is 11.3 Å². The number of hydrogen-bond donors (Lipinski definition) is 1. The molecule has 0 aliphatic rings. The first-order valence-electron chi connectivity index (χ1n) is 10.0. The van der Waals surface area contributed by atoms with Crippen LogP contribution in [0, 0.1) is 13.8 Å². The zero-order chi connectivity index (χ0) is 22.9. The van der Waals surface area contributed by atoms with Gasteiger partial charge in [-0.25, -0.2) is 10.2 Å². The third-order valence-electron chi connectivity index (χ3n) is 4.35. The summed E-state index contributed by atoms with van der Waals surface area (Å²) < 4.78 is 16.7. The summed E-state index contributed by atoms with van der Waals surface area (Å²) in [5.74, 6) is 0.592. The third kappa shape index (κ3) is 6.18. The molecule has 8 heteroatoms. The lowest BCUT2D eigenvalue weighted by molar-refractivity contribution is -0.123. The largest absolute Gasteiger partial charge is 0.490 e. The fourth-order valence-corrected chi connectivity index (χ4v) is 3.48. The number of rotatable bonds is 9. The van der Waals surface area contributed by atoms with Gasteiger partial charge in [0.1, 0.15) is 10.6 Å². The summed E-state index contributed by atoms with van der Waals surface area (Å²) in [5, 5.41) is 5.77. The molecule has 0 saturated heterocycles. The van der Waals surface area contributed by atoms with Gasteiger partial charge in [0.2, 0.25) is 0 Å². The highest BCUT2D eigenvalue weighted by Gasteiger charge is 2.14. The molecule has 0 fully saturated rings. The first-order chi connectivity index (χ1) is 15.5. The van der Waals surface area contributed by atoms with Crippen LogP contribution in [0.25, 0.3) is 0 Å². The van der Waals surface area contributed by atoms with Gasteiger partial charge in [0.15, 0.2) is 18.1 Å². The molecule has 0 bridgehead atoms. The second-order valence-electron chi connectivity index (χ2n) is 6.81. The lowest BCUT2D eigenvalue weighted by Gasteiger charge is -2.11. The Morgan fingerprint density at radius 2 is 1.81 bits per heavy atom. The van der Waals surface area contributed by atoms with Gasteiger partial charge in [0, 0.05) is 0 Å². The predicted molar refractivity (Wildman–Crippen MR) is 124 cm³/mol. The number of nitrogens with one attached hydrogen (secondary N) is 1. The standard InChI is InChI=1S/C24H24N2O5S/c1-4-29-20-13-18(10-11-19(20)31-24(28)21-9-6-12-32-21)14-25-26-22(27)15-30-23-16(2)7-5-8-17(23)3/h5-14H,4,15H2,1-3H3,(H,26,27)/b25-14+. The summed E-state index contributed by atoms with van der Waals surface area (Å²) in [5.41, 5.74) is 5.03. The van der Waals surface area contributed by atoms with Crippen LogP contribution < -0.4 is 19.6 Å². The molecule has 0 spiro atoms. The topological polar surface area (TPSA) is 86.2 Å². The van der Waals surface area contributed by atoms with Crippen molar-refractivity contribution in [1.82, 2.24) is 5.43 Å². The number of carbonyl (C=O) groups excluding carboxylic acids is 2. The van der Waals surface area contributed by atoms with Crippen molar-refractivity contribution < 1.29 is 23.8 Å². The smallest absolute Gasteiger partial charge is 0.353 e. The van der Waals surface area contributed by atoms with Crippen molar-refractivity contribution >= 4 is 29.4 Å². The number of thiophene rings is 1. The highest BCUT2D eigenvalue weighted by molar-refractivity contribution is 7.12. The SMILES string of the molecule is CCOc1cc(/C=N/NC(=O)COc2c(C)cccc2C)ccc1OC(=O)c1cccs1. The van der Waals surface area contributed by atoms with Crippen molar-refractivity contribution in [3.05, 3.63) is 75.5 Å². The predicted octanol–water partition coefficient (Wildman–Crippen LogP) is 4.51. The fraction of sp³-hybridized carbons (Fsp3) is 0.208. The Labute approximate surface area is 190 Å². The molecule has 0 unspecified atom stereocenters. The molecule has 32 heavy (non-hydrogen) atoms. The molecule has 1 amide bonds. The normalized spacial score (nSPS) is 10.7. The molecule has 3 aromatic rings. The molecule has 3 rings (SSSR count). The molecule has 1 N–H and O–H groups in total. The van der Waals surface area contributed by atoms with Gasteiger partial charge in [-0.1, -0.05) is 24.3 Å². The van der Waals surface area contributed by atoms with Crippen molar-refractivity contribution in [3.8, 4) is 17.2 Å². The number of hydrogen-bond acceptors (Lipinski definition) is 7. The van der Waals surface area contributed by atoms with Gasteiger partial charge in [-0.2, -0.15) is 5.10 Å². The quantitative estimate of drug-likeness (QED) is 0.223. The first kappa shape index (κ1) is 23.0. The van der Waals surface area contributed by atoms with Crippen LogP contribution >= 0.6 is 11.3 Å². The van der Waals surface area contributed by atoms with Gasteiger partial charge in [-0.3, -0.25) is 4.79 Å². The maximum atomic E-state index is 12.2. The summed E-state index contributed by atoms with van der Waals surface area (Å²) in [4.78, 5) is 24.8. The molecule has 2 aromatic carbocycles. The van der Waals surface area contributed by atoms with E-state index in [4.69, 9.17) is 14.2 Å². The van der Waals surface area contributed by atoms with Crippen LogP contribution in [0.1, 0.15) is 33.3 Å². The van der Waals surface area contributed by atoms with E-state index < -0.39 is 5.97 Å². The van der Waals surface area contributed by atoms with Crippen molar-refractivity contribution in [2.45, 2.75) is 20.8 Å². The van der Waals surface area contributed by atoms with E-state index in [0.717, 1.165) is 11.1 Å². The number of para-hydroxylation sites is 1. The molecule has 0 saturated carbocycles. The molecule has 0 aliphatic carbocycles. The van der Waals surface area contributed by atoms with E-state index in [1.54, 1.807) is 35.7 Å². The van der Waals surface area contributed by atoms with Crippen molar-refractivity contribution in [1.29, 1.82) is 0 Å². The number of ether oxygens (including phenoxy) is 3. The number of benzene rings is 2. The lowest BCUT2D eigenvalue weighted by atomic mass is 10.1. The van der Waals surface area contributed by atoms with E-state index in [-0.39, 0.29) is 12.5 Å². The van der Waals surface area contributed by atoms with E-state index in [9.17, 15) is 9.59 Å². The van der Waals surface area contributed by atoms with E-state index in [2.05, 4.69) is 10.5 Å². The average molecular weight is 453 g/mol. The number of esters is 1. The Morgan fingerprint density at radius 1 is 1.03 bits per heavy atom. The number of carbonyl (C=O) groups is 2. The molecule has 0 atom stereocenters. The summed E-state index contributed by atoms with van der Waals surface area (Å²) in [6, 6.07) is 14.3. The Kier molecular flexibility index (Phi) is 7.99. The Bertz CT molecular complexity index is 1090. The molecule has 0 radical (unpaired) electrons. The Morgan fingerprint density at radius 3 is 2.50 bits per heavy atom. The summed E-state index contributed by atoms with van der Waals surface area (Å²) in [7, 11) is 0. The Balaban J connectivity index is 1.59. The summed E-state index contributed by atoms with van der Waals surface area (Å²) >= 11 is 1.30. The highest BCUT2D eigenvalue weighted by atomic mass is 32.1. The second-order valence-corrected chi connectivity index (χ2v) is 7.76. The molecule has 1 aromatic heterocycles.